The highest BCUT2D eigenvalue weighted by Crippen LogP contribution is 2.24. The van der Waals surface area contributed by atoms with Crippen LogP contribution in [0, 0.1) is 0 Å². The molecule has 0 aliphatic heterocycles. The zero-order valence-corrected chi connectivity index (χ0v) is 11.3. The summed E-state index contributed by atoms with van der Waals surface area (Å²) in [6.45, 7) is 0. The van der Waals surface area contributed by atoms with Crippen molar-refractivity contribution in [1.82, 2.24) is 4.98 Å². The Morgan fingerprint density at radius 2 is 1.90 bits per heavy atom. The first-order valence-corrected chi connectivity index (χ1v) is 7.01. The molecule has 0 aliphatic rings. The third-order valence-electron chi connectivity index (χ3n) is 2.79. The third kappa shape index (κ3) is 2.67. The minimum absolute atomic E-state index is 0.0303. The number of Topliss-reactive ketones (excluding diaryl/α,β-unsaturated/α-hetero) is 1. The maximum Gasteiger partial charge on any atom is 0.257 e. The number of phenols is 1. The van der Waals surface area contributed by atoms with E-state index in [1.165, 1.54) is 23.9 Å². The lowest BCUT2D eigenvalue weighted by atomic mass is 10.1. The monoisotopic (exact) mass is 285 g/mol. The van der Waals surface area contributed by atoms with Crippen molar-refractivity contribution in [3.63, 3.8) is 0 Å². The summed E-state index contributed by atoms with van der Waals surface area (Å²) in [5.74, 6) is 0.364. The van der Waals surface area contributed by atoms with Crippen LogP contribution in [0.4, 0.5) is 0 Å². The Hall–Kier alpha value is -2.27. The Balaban J connectivity index is 1.69. The van der Waals surface area contributed by atoms with Gasteiger partial charge in [-0.2, -0.15) is 0 Å². The quantitative estimate of drug-likeness (QED) is 0.587. The van der Waals surface area contributed by atoms with Crippen molar-refractivity contribution in [2.75, 3.05) is 5.75 Å². The second kappa shape index (κ2) is 5.38. The molecule has 2 aromatic carbocycles. The van der Waals surface area contributed by atoms with E-state index < -0.39 is 0 Å². The Kier molecular flexibility index (Phi) is 3.43. The number of fused-ring (bicyclic) bond motifs is 1. The number of aromatic hydroxyl groups is 1. The van der Waals surface area contributed by atoms with Gasteiger partial charge in [-0.05, 0) is 36.4 Å². The van der Waals surface area contributed by atoms with Crippen LogP contribution in [0.3, 0.4) is 0 Å². The molecule has 0 bridgehead atoms. The number of phenolic OH excluding ortho intramolecular Hbond substituents is 1. The zero-order valence-electron chi connectivity index (χ0n) is 10.4. The fourth-order valence-corrected chi connectivity index (χ4v) is 2.50. The van der Waals surface area contributed by atoms with Gasteiger partial charge in [0.15, 0.2) is 11.4 Å². The van der Waals surface area contributed by atoms with E-state index in [1.54, 1.807) is 12.1 Å². The van der Waals surface area contributed by atoms with Gasteiger partial charge in [0.05, 0.1) is 5.75 Å². The molecule has 0 saturated carbocycles. The van der Waals surface area contributed by atoms with E-state index in [1.807, 2.05) is 24.3 Å². The normalized spacial score (nSPS) is 10.8. The van der Waals surface area contributed by atoms with Gasteiger partial charge in [-0.1, -0.05) is 23.9 Å². The van der Waals surface area contributed by atoms with Crippen LogP contribution in [0.2, 0.25) is 0 Å². The van der Waals surface area contributed by atoms with Crippen LogP contribution in [-0.2, 0) is 0 Å². The highest BCUT2D eigenvalue weighted by atomic mass is 32.2. The van der Waals surface area contributed by atoms with E-state index in [2.05, 4.69) is 4.98 Å². The van der Waals surface area contributed by atoms with Gasteiger partial charge in [-0.3, -0.25) is 4.79 Å². The number of hydrogen-bond donors (Lipinski definition) is 1. The summed E-state index contributed by atoms with van der Waals surface area (Å²) in [5.41, 5.74) is 2.06. The number of benzene rings is 2. The van der Waals surface area contributed by atoms with Crippen LogP contribution in [-0.4, -0.2) is 21.6 Å². The summed E-state index contributed by atoms with van der Waals surface area (Å²) in [7, 11) is 0. The molecule has 20 heavy (non-hydrogen) atoms. The first-order valence-electron chi connectivity index (χ1n) is 6.03. The lowest BCUT2D eigenvalue weighted by Crippen LogP contribution is -2.01. The third-order valence-corrected chi connectivity index (χ3v) is 3.62. The van der Waals surface area contributed by atoms with E-state index in [0.29, 0.717) is 16.4 Å². The Morgan fingerprint density at radius 3 is 2.65 bits per heavy atom. The topological polar surface area (TPSA) is 63.3 Å². The van der Waals surface area contributed by atoms with Crippen molar-refractivity contribution < 1.29 is 14.3 Å². The summed E-state index contributed by atoms with van der Waals surface area (Å²) < 4.78 is 5.53. The first kappa shape index (κ1) is 12.7. The van der Waals surface area contributed by atoms with Crippen molar-refractivity contribution >= 4 is 28.6 Å². The molecular formula is C15H11NO3S. The minimum atomic E-state index is -0.0303. The molecule has 0 atom stereocenters. The molecule has 100 valence electrons. The molecule has 3 aromatic rings. The van der Waals surface area contributed by atoms with Crippen LogP contribution < -0.4 is 0 Å². The predicted molar refractivity (Wildman–Crippen MR) is 77.2 cm³/mol. The number of rotatable bonds is 4. The molecule has 0 saturated heterocycles. The van der Waals surface area contributed by atoms with E-state index >= 15 is 0 Å². The van der Waals surface area contributed by atoms with Gasteiger partial charge in [0.1, 0.15) is 11.3 Å². The summed E-state index contributed by atoms with van der Waals surface area (Å²) >= 11 is 1.26. The molecule has 1 aromatic heterocycles. The van der Waals surface area contributed by atoms with Crippen LogP contribution in [0.5, 0.6) is 5.75 Å². The average Bonchev–Trinajstić information content (AvgIpc) is 2.88. The SMILES string of the molecule is O=C(CSc1nc2ccccc2o1)c1ccc(O)cc1. The van der Waals surface area contributed by atoms with E-state index in [9.17, 15) is 9.90 Å². The molecule has 0 fully saturated rings. The minimum Gasteiger partial charge on any atom is -0.508 e. The number of aromatic nitrogens is 1. The molecular weight excluding hydrogens is 274 g/mol. The number of nitrogens with zero attached hydrogens (tertiary/aromatic N) is 1. The first-order chi connectivity index (χ1) is 9.72. The molecule has 5 heteroatoms. The maximum absolute atomic E-state index is 12.0. The smallest absolute Gasteiger partial charge is 0.257 e. The standard InChI is InChI=1S/C15H11NO3S/c17-11-7-5-10(6-8-11)13(18)9-20-15-16-12-3-1-2-4-14(12)19-15/h1-8,17H,9H2. The van der Waals surface area contributed by atoms with Crippen molar-refractivity contribution in [3.8, 4) is 5.75 Å². The predicted octanol–water partition coefficient (Wildman–Crippen LogP) is 3.51. The lowest BCUT2D eigenvalue weighted by Gasteiger charge is -1.99. The zero-order chi connectivity index (χ0) is 13.9. The molecule has 0 aliphatic carbocycles. The van der Waals surface area contributed by atoms with Crippen LogP contribution in [0.25, 0.3) is 11.1 Å². The second-order valence-corrected chi connectivity index (χ2v) is 5.13. The van der Waals surface area contributed by atoms with E-state index in [4.69, 9.17) is 4.42 Å². The summed E-state index contributed by atoms with van der Waals surface area (Å²) in [4.78, 5) is 16.3. The van der Waals surface area contributed by atoms with Crippen molar-refractivity contribution in [3.05, 3.63) is 54.1 Å². The summed E-state index contributed by atoms with van der Waals surface area (Å²) in [6, 6.07) is 13.7. The Labute approximate surface area is 119 Å². The molecule has 0 radical (unpaired) electrons. The highest BCUT2D eigenvalue weighted by molar-refractivity contribution is 7.99. The van der Waals surface area contributed by atoms with Gasteiger partial charge in [-0.15, -0.1) is 0 Å². The van der Waals surface area contributed by atoms with E-state index in [0.717, 1.165) is 5.52 Å². The molecule has 0 amide bonds. The molecule has 0 unspecified atom stereocenters. The van der Waals surface area contributed by atoms with Crippen molar-refractivity contribution in [2.24, 2.45) is 0 Å². The van der Waals surface area contributed by atoms with Gasteiger partial charge >= 0.3 is 0 Å². The Morgan fingerprint density at radius 1 is 1.15 bits per heavy atom. The fourth-order valence-electron chi connectivity index (χ4n) is 1.77. The van der Waals surface area contributed by atoms with Crippen molar-refractivity contribution in [2.45, 2.75) is 5.22 Å². The highest BCUT2D eigenvalue weighted by Gasteiger charge is 2.10. The molecule has 0 spiro atoms. The van der Waals surface area contributed by atoms with Gasteiger partial charge in [0.2, 0.25) is 0 Å². The van der Waals surface area contributed by atoms with Gasteiger partial charge in [0, 0.05) is 5.56 Å². The fraction of sp³-hybridized carbons (Fsp3) is 0.0667. The maximum atomic E-state index is 12.0. The second-order valence-electron chi connectivity index (χ2n) is 4.21. The number of carbonyl (C=O) groups excluding carboxylic acids is 1. The number of thioether (sulfide) groups is 1. The average molecular weight is 285 g/mol. The number of oxazole rings is 1. The summed E-state index contributed by atoms with van der Waals surface area (Å²) in [6.07, 6.45) is 0. The summed E-state index contributed by atoms with van der Waals surface area (Å²) in [5, 5.41) is 9.67. The van der Waals surface area contributed by atoms with Crippen LogP contribution >= 0.6 is 11.8 Å². The van der Waals surface area contributed by atoms with Crippen LogP contribution in [0.1, 0.15) is 10.4 Å². The molecule has 4 nitrogen and oxygen atoms in total. The van der Waals surface area contributed by atoms with E-state index in [-0.39, 0.29) is 17.3 Å². The number of hydrogen-bond acceptors (Lipinski definition) is 5. The number of ketones is 1. The van der Waals surface area contributed by atoms with Crippen LogP contribution in [0.15, 0.2) is 58.2 Å². The van der Waals surface area contributed by atoms with Gasteiger partial charge in [0.25, 0.3) is 5.22 Å². The largest absolute Gasteiger partial charge is 0.508 e. The molecule has 3 rings (SSSR count). The lowest BCUT2D eigenvalue weighted by molar-refractivity contribution is 0.102. The molecule has 1 N–H and O–H groups in total. The van der Waals surface area contributed by atoms with Gasteiger partial charge in [-0.25, -0.2) is 4.98 Å². The number of para-hydroxylation sites is 2. The molecule has 1 heterocycles. The van der Waals surface area contributed by atoms with Gasteiger partial charge < -0.3 is 9.52 Å². The van der Waals surface area contributed by atoms with Crippen molar-refractivity contribution in [1.29, 1.82) is 0 Å². The Bertz CT molecular complexity index is 716. The number of carbonyl (C=O) groups is 1.